The van der Waals surface area contributed by atoms with Crippen LogP contribution in [0, 0.1) is 0 Å². The molecule has 1 aliphatic rings. The number of nitrogens with zero attached hydrogens (tertiary/aromatic N) is 1. The molecule has 1 atom stereocenters. The van der Waals surface area contributed by atoms with Gasteiger partial charge in [0.25, 0.3) is 0 Å². The molecule has 1 aliphatic heterocycles. The van der Waals surface area contributed by atoms with Crippen LogP contribution >= 0.6 is 0 Å². The molecule has 1 unspecified atom stereocenters. The summed E-state index contributed by atoms with van der Waals surface area (Å²) < 4.78 is 11.0. The van der Waals surface area contributed by atoms with E-state index in [-0.39, 0.29) is 12.5 Å². The predicted molar refractivity (Wildman–Crippen MR) is 87.4 cm³/mol. The highest BCUT2D eigenvalue weighted by Gasteiger charge is 2.21. The van der Waals surface area contributed by atoms with Crippen molar-refractivity contribution >= 4 is 11.4 Å². The van der Waals surface area contributed by atoms with E-state index in [1.54, 1.807) is 7.11 Å². The second kappa shape index (κ2) is 6.28. The van der Waals surface area contributed by atoms with Gasteiger partial charge in [-0.1, -0.05) is 6.07 Å². The van der Waals surface area contributed by atoms with Crippen molar-refractivity contribution in [2.24, 2.45) is 0 Å². The van der Waals surface area contributed by atoms with Crippen LogP contribution in [0.25, 0.3) is 0 Å². The van der Waals surface area contributed by atoms with Gasteiger partial charge in [0.05, 0.1) is 20.3 Å². The van der Waals surface area contributed by atoms with Crippen LogP contribution in [0.3, 0.4) is 0 Å². The summed E-state index contributed by atoms with van der Waals surface area (Å²) in [6.45, 7) is 0.831. The number of fused-ring (bicyclic) bond motifs is 1. The first-order valence-electron chi connectivity index (χ1n) is 7.48. The average molecular weight is 299 g/mol. The van der Waals surface area contributed by atoms with Crippen LogP contribution in [0.5, 0.6) is 11.5 Å². The Morgan fingerprint density at radius 3 is 2.59 bits per heavy atom. The lowest BCUT2D eigenvalue weighted by atomic mass is 9.93. The summed E-state index contributed by atoms with van der Waals surface area (Å²) in [5.74, 6) is 1.91. The van der Waals surface area contributed by atoms with Gasteiger partial charge >= 0.3 is 0 Å². The van der Waals surface area contributed by atoms with E-state index in [0.29, 0.717) is 6.61 Å². The maximum Gasteiger partial charge on any atom is 0.124 e. The van der Waals surface area contributed by atoms with Crippen molar-refractivity contribution in [3.05, 3.63) is 48.0 Å². The number of methoxy groups -OCH3 is 1. The molecule has 3 rings (SSSR count). The van der Waals surface area contributed by atoms with Gasteiger partial charge in [-0.2, -0.15) is 0 Å². The third-order valence-corrected chi connectivity index (χ3v) is 4.23. The van der Waals surface area contributed by atoms with Crippen LogP contribution in [0.2, 0.25) is 0 Å². The molecule has 0 aromatic heterocycles. The van der Waals surface area contributed by atoms with Gasteiger partial charge in [0, 0.05) is 30.4 Å². The largest absolute Gasteiger partial charge is 0.497 e. The molecule has 0 aliphatic carbocycles. The number of ether oxygens (including phenoxy) is 2. The van der Waals surface area contributed by atoms with Crippen LogP contribution in [0.4, 0.5) is 11.4 Å². The van der Waals surface area contributed by atoms with Gasteiger partial charge in [0.2, 0.25) is 0 Å². The summed E-state index contributed by atoms with van der Waals surface area (Å²) in [4.78, 5) is 2.10. The molecule has 0 saturated carbocycles. The van der Waals surface area contributed by atoms with E-state index in [4.69, 9.17) is 9.47 Å². The van der Waals surface area contributed by atoms with Crippen LogP contribution in [-0.4, -0.2) is 32.5 Å². The Morgan fingerprint density at radius 1 is 1.18 bits per heavy atom. The monoisotopic (exact) mass is 299 g/mol. The Kier molecular flexibility index (Phi) is 4.20. The van der Waals surface area contributed by atoms with Crippen molar-refractivity contribution in [1.29, 1.82) is 0 Å². The van der Waals surface area contributed by atoms with Crippen LogP contribution in [0.1, 0.15) is 17.9 Å². The SMILES string of the molecule is COc1ccc(N(C)c2ccc3c(c2)OCCC3CO)cc1. The fourth-order valence-electron chi connectivity index (χ4n) is 2.81. The summed E-state index contributed by atoms with van der Waals surface area (Å²) >= 11 is 0. The summed E-state index contributed by atoms with van der Waals surface area (Å²) in [5, 5.41) is 9.47. The maximum absolute atomic E-state index is 9.47. The van der Waals surface area contributed by atoms with Gasteiger partial charge in [-0.05, 0) is 42.3 Å². The van der Waals surface area contributed by atoms with E-state index in [9.17, 15) is 5.11 Å². The molecular formula is C18H21NO3. The maximum atomic E-state index is 9.47. The van der Waals surface area contributed by atoms with Crippen molar-refractivity contribution < 1.29 is 14.6 Å². The quantitative estimate of drug-likeness (QED) is 0.940. The molecule has 4 heteroatoms. The first-order chi connectivity index (χ1) is 10.7. The van der Waals surface area contributed by atoms with Gasteiger partial charge in [-0.15, -0.1) is 0 Å². The molecule has 116 valence electrons. The zero-order valence-electron chi connectivity index (χ0n) is 13.0. The average Bonchev–Trinajstić information content (AvgIpc) is 2.60. The zero-order chi connectivity index (χ0) is 15.5. The van der Waals surface area contributed by atoms with Crippen molar-refractivity contribution in [3.63, 3.8) is 0 Å². The van der Waals surface area contributed by atoms with E-state index in [1.807, 2.05) is 37.4 Å². The van der Waals surface area contributed by atoms with E-state index < -0.39 is 0 Å². The summed E-state index contributed by atoms with van der Waals surface area (Å²) in [7, 11) is 3.69. The van der Waals surface area contributed by atoms with Crippen molar-refractivity contribution in [2.75, 3.05) is 32.3 Å². The molecule has 0 radical (unpaired) electrons. The minimum absolute atomic E-state index is 0.171. The fraction of sp³-hybridized carbons (Fsp3) is 0.333. The molecule has 0 bridgehead atoms. The van der Waals surface area contributed by atoms with E-state index in [1.165, 1.54) is 0 Å². The van der Waals surface area contributed by atoms with E-state index in [2.05, 4.69) is 17.0 Å². The van der Waals surface area contributed by atoms with Crippen LogP contribution < -0.4 is 14.4 Å². The van der Waals surface area contributed by atoms with Crippen LogP contribution in [-0.2, 0) is 0 Å². The predicted octanol–water partition coefficient (Wildman–Crippen LogP) is 3.32. The summed E-state index contributed by atoms with van der Waals surface area (Å²) in [6.07, 6.45) is 0.872. The molecule has 0 spiro atoms. The Bertz CT molecular complexity index is 639. The Balaban J connectivity index is 1.88. The smallest absolute Gasteiger partial charge is 0.124 e. The molecular weight excluding hydrogens is 278 g/mol. The first kappa shape index (κ1) is 14.7. The number of anilines is 2. The van der Waals surface area contributed by atoms with E-state index in [0.717, 1.165) is 34.9 Å². The Labute approximate surface area is 130 Å². The summed E-state index contributed by atoms with van der Waals surface area (Å²) in [5.41, 5.74) is 3.23. The topological polar surface area (TPSA) is 41.9 Å². The van der Waals surface area contributed by atoms with Crippen LogP contribution in [0.15, 0.2) is 42.5 Å². The molecule has 22 heavy (non-hydrogen) atoms. The standard InChI is InChI=1S/C18H21NO3/c1-19(14-3-6-16(21-2)7-4-14)15-5-8-17-13(12-20)9-10-22-18(17)11-15/h3-8,11,13,20H,9-10,12H2,1-2H3. The minimum atomic E-state index is 0.171. The zero-order valence-corrected chi connectivity index (χ0v) is 13.0. The lowest BCUT2D eigenvalue weighted by Crippen LogP contribution is -2.18. The van der Waals surface area contributed by atoms with Gasteiger partial charge in [0.1, 0.15) is 11.5 Å². The lowest BCUT2D eigenvalue weighted by molar-refractivity contribution is 0.205. The second-order valence-corrected chi connectivity index (χ2v) is 5.50. The third-order valence-electron chi connectivity index (χ3n) is 4.23. The highest BCUT2D eigenvalue weighted by atomic mass is 16.5. The normalized spacial score (nSPS) is 16.6. The first-order valence-corrected chi connectivity index (χ1v) is 7.48. The van der Waals surface area contributed by atoms with Gasteiger partial charge < -0.3 is 19.5 Å². The van der Waals surface area contributed by atoms with Crippen molar-refractivity contribution in [3.8, 4) is 11.5 Å². The molecule has 2 aromatic rings. The number of benzene rings is 2. The molecule has 4 nitrogen and oxygen atoms in total. The number of hydrogen-bond acceptors (Lipinski definition) is 4. The number of aliphatic hydroxyl groups excluding tert-OH is 1. The molecule has 1 N–H and O–H groups in total. The van der Waals surface area contributed by atoms with Crippen molar-refractivity contribution in [1.82, 2.24) is 0 Å². The number of hydrogen-bond donors (Lipinski definition) is 1. The fourth-order valence-corrected chi connectivity index (χ4v) is 2.81. The molecule has 0 amide bonds. The highest BCUT2D eigenvalue weighted by Crippen LogP contribution is 2.37. The van der Waals surface area contributed by atoms with Gasteiger partial charge in [-0.25, -0.2) is 0 Å². The minimum Gasteiger partial charge on any atom is -0.497 e. The Hall–Kier alpha value is -2.20. The molecule has 2 aromatic carbocycles. The molecule has 1 heterocycles. The highest BCUT2D eigenvalue weighted by molar-refractivity contribution is 5.65. The Morgan fingerprint density at radius 2 is 1.91 bits per heavy atom. The lowest BCUT2D eigenvalue weighted by Gasteiger charge is -2.27. The molecule has 0 saturated heterocycles. The van der Waals surface area contributed by atoms with Gasteiger partial charge in [-0.3, -0.25) is 0 Å². The van der Waals surface area contributed by atoms with E-state index >= 15 is 0 Å². The van der Waals surface area contributed by atoms with Gasteiger partial charge in [0.15, 0.2) is 0 Å². The second-order valence-electron chi connectivity index (χ2n) is 5.50. The van der Waals surface area contributed by atoms with Crippen molar-refractivity contribution in [2.45, 2.75) is 12.3 Å². The molecule has 0 fully saturated rings. The number of aliphatic hydroxyl groups is 1. The third kappa shape index (κ3) is 2.74. The summed E-state index contributed by atoms with van der Waals surface area (Å²) in [6, 6.07) is 14.1. The number of rotatable bonds is 4.